The molecule has 8 nitrogen and oxygen atoms in total. The summed E-state index contributed by atoms with van der Waals surface area (Å²) in [6, 6.07) is 22.7. The van der Waals surface area contributed by atoms with Gasteiger partial charge >= 0.3 is 0 Å². The van der Waals surface area contributed by atoms with Crippen molar-refractivity contribution in [2.45, 2.75) is 6.04 Å². The van der Waals surface area contributed by atoms with E-state index in [0.29, 0.717) is 22.2 Å². The molecule has 3 aromatic carbocycles. The second-order valence-corrected chi connectivity index (χ2v) is 10.4. The van der Waals surface area contributed by atoms with Crippen molar-refractivity contribution in [3.63, 3.8) is 0 Å². The molecule has 9 heteroatoms. The minimum Gasteiger partial charge on any atom is -0.360 e. The summed E-state index contributed by atoms with van der Waals surface area (Å²) in [7, 11) is 5.76. The maximum absolute atomic E-state index is 13.3. The molecule has 0 saturated carbocycles. The number of hydrogen-bond acceptors (Lipinski definition) is 6. The minimum atomic E-state index is -0.230. The fourth-order valence-corrected chi connectivity index (χ4v) is 4.69. The molecule has 2 heterocycles. The molecule has 0 aliphatic heterocycles. The van der Waals surface area contributed by atoms with Gasteiger partial charge in [0.05, 0.1) is 16.9 Å². The first-order chi connectivity index (χ1) is 19.8. The second kappa shape index (κ2) is 12.3. The molecule has 0 fully saturated rings. The molecule has 0 bridgehead atoms. The van der Waals surface area contributed by atoms with Gasteiger partial charge in [0, 0.05) is 59.2 Å². The minimum absolute atomic E-state index is 0.130. The zero-order valence-electron chi connectivity index (χ0n) is 23.2. The van der Waals surface area contributed by atoms with Crippen LogP contribution in [0.15, 0.2) is 97.3 Å². The lowest BCUT2D eigenvalue weighted by molar-refractivity contribution is 0.0993. The van der Waals surface area contributed by atoms with Crippen molar-refractivity contribution >= 4 is 45.7 Å². The van der Waals surface area contributed by atoms with Gasteiger partial charge in [-0.05, 0) is 56.1 Å². The van der Waals surface area contributed by atoms with E-state index >= 15 is 0 Å². The number of anilines is 3. The molecule has 5 aromatic rings. The van der Waals surface area contributed by atoms with Gasteiger partial charge in [-0.3, -0.25) is 4.79 Å². The first kappa shape index (κ1) is 28.0. The summed E-state index contributed by atoms with van der Waals surface area (Å²) in [5, 5.41) is 4.73. The summed E-state index contributed by atoms with van der Waals surface area (Å²) < 4.78 is 0. The Balaban J connectivity index is 1.31. The van der Waals surface area contributed by atoms with E-state index in [9.17, 15) is 4.79 Å². The number of fused-ring (bicyclic) bond motifs is 1. The maximum atomic E-state index is 13.3. The Kier molecular flexibility index (Phi) is 8.45. The van der Waals surface area contributed by atoms with E-state index in [1.165, 1.54) is 0 Å². The molecule has 4 N–H and O–H groups in total. The number of nitrogens with two attached hydrogens (primary N) is 1. The number of para-hydroxylation sites is 1. The number of carbonyl (C=O) groups is 1. The van der Waals surface area contributed by atoms with Crippen LogP contribution in [0.3, 0.4) is 0 Å². The third-order valence-electron chi connectivity index (χ3n) is 6.74. The zero-order chi connectivity index (χ0) is 28.9. The highest BCUT2D eigenvalue weighted by Crippen LogP contribution is 2.33. The van der Waals surface area contributed by atoms with Crippen LogP contribution in [0.5, 0.6) is 0 Å². The van der Waals surface area contributed by atoms with Crippen molar-refractivity contribution in [2.24, 2.45) is 5.73 Å². The highest BCUT2D eigenvalue weighted by molar-refractivity contribution is 6.33. The largest absolute Gasteiger partial charge is 0.360 e. The van der Waals surface area contributed by atoms with Crippen LogP contribution in [0, 0.1) is 0 Å². The van der Waals surface area contributed by atoms with Gasteiger partial charge < -0.3 is 25.8 Å². The number of aromatic amines is 1. The SMILES string of the molecule is CN(C)C/C=C/C(N)c1ccc(C(=O)N(C)c2cccc(Nc3ncc(Cl)c(-c4c[nH]c5ccccc45)n3)c2)cc1. The number of halogens is 1. The van der Waals surface area contributed by atoms with Crippen LogP contribution in [0.1, 0.15) is 22.0 Å². The number of likely N-dealkylation sites (N-methyl/N-ethyl adjacent to an activating group) is 1. The number of nitrogens with one attached hydrogen (secondary N) is 2. The van der Waals surface area contributed by atoms with Crippen LogP contribution >= 0.6 is 11.6 Å². The molecule has 5 rings (SSSR count). The Morgan fingerprint density at radius 3 is 2.63 bits per heavy atom. The normalized spacial score (nSPS) is 12.2. The average Bonchev–Trinajstić information content (AvgIpc) is 3.41. The smallest absolute Gasteiger partial charge is 0.258 e. The summed E-state index contributed by atoms with van der Waals surface area (Å²) in [6.45, 7) is 0.818. The molecule has 41 heavy (non-hydrogen) atoms. The third kappa shape index (κ3) is 6.47. The lowest BCUT2D eigenvalue weighted by Crippen LogP contribution is -2.26. The van der Waals surface area contributed by atoms with E-state index in [1.54, 1.807) is 18.1 Å². The molecule has 2 aromatic heterocycles. The van der Waals surface area contributed by atoms with Gasteiger partial charge in [0.15, 0.2) is 0 Å². The fourth-order valence-electron chi connectivity index (χ4n) is 4.49. The molecule has 0 aliphatic carbocycles. The number of hydrogen-bond donors (Lipinski definition) is 3. The Labute approximate surface area is 244 Å². The lowest BCUT2D eigenvalue weighted by Gasteiger charge is -2.19. The summed E-state index contributed by atoms with van der Waals surface area (Å²) in [5.41, 5.74) is 11.8. The molecule has 0 radical (unpaired) electrons. The molecule has 0 aliphatic rings. The van der Waals surface area contributed by atoms with Gasteiger partial charge in [-0.2, -0.15) is 0 Å². The number of amides is 1. The molecule has 0 spiro atoms. The molecular weight excluding hydrogens is 534 g/mol. The summed E-state index contributed by atoms with van der Waals surface area (Å²) in [4.78, 5) is 29.3. The van der Waals surface area contributed by atoms with E-state index in [-0.39, 0.29) is 11.9 Å². The first-order valence-electron chi connectivity index (χ1n) is 13.2. The Morgan fingerprint density at radius 2 is 1.85 bits per heavy atom. The van der Waals surface area contributed by atoms with E-state index < -0.39 is 0 Å². The Hall–Kier alpha value is -4.50. The van der Waals surface area contributed by atoms with Crippen LogP contribution in [-0.4, -0.2) is 53.4 Å². The number of carbonyl (C=O) groups excluding carboxylic acids is 1. The highest BCUT2D eigenvalue weighted by atomic mass is 35.5. The average molecular weight is 566 g/mol. The van der Waals surface area contributed by atoms with Crippen LogP contribution < -0.4 is 16.0 Å². The number of benzene rings is 3. The number of H-pyrrole nitrogens is 1. The van der Waals surface area contributed by atoms with Crippen molar-refractivity contribution in [2.75, 3.05) is 37.9 Å². The molecule has 1 atom stereocenters. The number of rotatable bonds is 9. The first-order valence-corrected chi connectivity index (χ1v) is 13.6. The van der Waals surface area contributed by atoms with Gasteiger partial charge in [-0.15, -0.1) is 0 Å². The van der Waals surface area contributed by atoms with E-state index in [0.717, 1.165) is 39.9 Å². The van der Waals surface area contributed by atoms with Gasteiger partial charge in [-0.25, -0.2) is 9.97 Å². The van der Waals surface area contributed by atoms with Crippen LogP contribution in [0.25, 0.3) is 22.2 Å². The van der Waals surface area contributed by atoms with Gasteiger partial charge in [-0.1, -0.05) is 60.2 Å². The van der Waals surface area contributed by atoms with E-state index in [1.807, 2.05) is 105 Å². The van der Waals surface area contributed by atoms with Crippen LogP contribution in [0.2, 0.25) is 5.02 Å². The van der Waals surface area contributed by atoms with E-state index in [2.05, 4.69) is 20.2 Å². The number of nitrogens with zero attached hydrogens (tertiary/aromatic N) is 4. The number of aromatic nitrogens is 3. The topological polar surface area (TPSA) is 103 Å². The molecule has 0 saturated heterocycles. The lowest BCUT2D eigenvalue weighted by atomic mass is 10.0. The van der Waals surface area contributed by atoms with Crippen molar-refractivity contribution in [3.8, 4) is 11.3 Å². The van der Waals surface area contributed by atoms with Crippen molar-refractivity contribution in [1.29, 1.82) is 0 Å². The predicted octanol–water partition coefficient (Wildman–Crippen LogP) is 6.42. The van der Waals surface area contributed by atoms with Crippen LogP contribution in [0.4, 0.5) is 17.3 Å². The van der Waals surface area contributed by atoms with Crippen molar-refractivity contribution in [3.05, 3.63) is 113 Å². The van der Waals surface area contributed by atoms with E-state index in [4.69, 9.17) is 22.3 Å². The standard InChI is InChI=1S/C32H32ClN7O/c1-39(2)17-7-11-28(34)21-13-15-22(16-14-21)31(41)40(3)24-9-6-8-23(18-24)37-32-36-20-27(33)30(38-32)26-19-35-29-12-5-4-10-25(26)29/h4-16,18-20,28,35H,17,34H2,1-3H3,(H,36,37,38)/b11-7+. The predicted molar refractivity (Wildman–Crippen MR) is 168 cm³/mol. The quantitative estimate of drug-likeness (QED) is 0.178. The zero-order valence-corrected chi connectivity index (χ0v) is 23.9. The third-order valence-corrected chi connectivity index (χ3v) is 7.02. The maximum Gasteiger partial charge on any atom is 0.258 e. The van der Waals surface area contributed by atoms with Crippen LogP contribution in [-0.2, 0) is 0 Å². The Morgan fingerprint density at radius 1 is 1.07 bits per heavy atom. The van der Waals surface area contributed by atoms with Gasteiger partial charge in [0.25, 0.3) is 5.91 Å². The summed E-state index contributed by atoms with van der Waals surface area (Å²) >= 11 is 6.49. The summed E-state index contributed by atoms with van der Waals surface area (Å²) in [5.74, 6) is 0.266. The molecular formula is C32H32ClN7O. The fraction of sp³-hybridized carbons (Fsp3) is 0.156. The van der Waals surface area contributed by atoms with Crippen molar-refractivity contribution in [1.82, 2.24) is 19.9 Å². The second-order valence-electron chi connectivity index (χ2n) is 10.0. The van der Waals surface area contributed by atoms with Crippen molar-refractivity contribution < 1.29 is 4.79 Å². The molecule has 1 unspecified atom stereocenters. The molecule has 1 amide bonds. The van der Waals surface area contributed by atoms with Gasteiger partial charge in [0.2, 0.25) is 5.95 Å². The highest BCUT2D eigenvalue weighted by Gasteiger charge is 2.16. The Bertz CT molecular complexity index is 1690. The summed E-state index contributed by atoms with van der Waals surface area (Å²) in [6.07, 6.45) is 7.49. The molecule has 208 valence electrons. The monoisotopic (exact) mass is 565 g/mol. The van der Waals surface area contributed by atoms with Gasteiger partial charge in [0.1, 0.15) is 0 Å².